The van der Waals surface area contributed by atoms with Crippen LogP contribution in [0.3, 0.4) is 0 Å². The first-order valence-electron chi connectivity index (χ1n) is 6.95. The Morgan fingerprint density at radius 1 is 1.30 bits per heavy atom. The van der Waals surface area contributed by atoms with E-state index in [0.29, 0.717) is 26.3 Å². The van der Waals surface area contributed by atoms with Crippen LogP contribution in [0.25, 0.3) is 0 Å². The molecule has 2 aliphatic heterocycles. The van der Waals surface area contributed by atoms with Crippen LogP contribution in [0.1, 0.15) is 0 Å². The summed E-state index contributed by atoms with van der Waals surface area (Å²) in [5.74, 6) is 1.02. The maximum absolute atomic E-state index is 12.3. The van der Waals surface area contributed by atoms with Crippen LogP contribution in [0.15, 0.2) is 18.6 Å². The molecule has 1 aromatic rings. The summed E-state index contributed by atoms with van der Waals surface area (Å²) in [6, 6.07) is -0.188. The highest BCUT2D eigenvalue weighted by molar-refractivity contribution is 5.82. The predicted molar refractivity (Wildman–Crippen MR) is 73.4 cm³/mol. The Hall–Kier alpha value is -1.73. The van der Waals surface area contributed by atoms with E-state index in [-0.39, 0.29) is 11.9 Å². The minimum atomic E-state index is -0.188. The van der Waals surface area contributed by atoms with Gasteiger partial charge in [-0.3, -0.25) is 9.78 Å². The van der Waals surface area contributed by atoms with Gasteiger partial charge in [-0.25, -0.2) is 4.98 Å². The average molecular weight is 277 g/mol. The van der Waals surface area contributed by atoms with Gasteiger partial charge in [-0.1, -0.05) is 0 Å². The van der Waals surface area contributed by atoms with Gasteiger partial charge in [-0.2, -0.15) is 0 Å². The molecule has 108 valence electrons. The quantitative estimate of drug-likeness (QED) is 0.756. The van der Waals surface area contributed by atoms with Gasteiger partial charge >= 0.3 is 0 Å². The number of aromatic nitrogens is 2. The van der Waals surface area contributed by atoms with Gasteiger partial charge in [0.15, 0.2) is 0 Å². The van der Waals surface area contributed by atoms with Crippen LogP contribution in [0, 0.1) is 0 Å². The summed E-state index contributed by atoms with van der Waals surface area (Å²) in [5.41, 5.74) is 0. The number of carbonyl (C=O) groups is 1. The molecular weight excluding hydrogens is 258 g/mol. The number of hydrogen-bond donors (Lipinski definition) is 1. The van der Waals surface area contributed by atoms with E-state index in [1.165, 1.54) is 0 Å². The first-order valence-corrected chi connectivity index (χ1v) is 6.95. The zero-order chi connectivity index (χ0) is 13.8. The predicted octanol–water partition coefficient (Wildman–Crippen LogP) is -0.886. The highest BCUT2D eigenvalue weighted by Gasteiger charge is 2.29. The molecule has 1 amide bonds. The van der Waals surface area contributed by atoms with Gasteiger partial charge in [0.25, 0.3) is 0 Å². The lowest BCUT2D eigenvalue weighted by Gasteiger charge is -2.37. The second kappa shape index (κ2) is 6.15. The lowest BCUT2D eigenvalue weighted by Crippen LogP contribution is -2.57. The molecule has 0 aliphatic carbocycles. The molecule has 0 saturated carbocycles. The maximum atomic E-state index is 12.3. The van der Waals surface area contributed by atoms with Crippen molar-refractivity contribution in [3.63, 3.8) is 0 Å². The minimum Gasteiger partial charge on any atom is -0.378 e. The normalized spacial score (nSPS) is 23.7. The molecule has 1 aromatic heterocycles. The second-order valence-corrected chi connectivity index (χ2v) is 4.96. The van der Waals surface area contributed by atoms with Crippen molar-refractivity contribution < 1.29 is 9.53 Å². The van der Waals surface area contributed by atoms with Gasteiger partial charge in [0.05, 0.1) is 19.4 Å². The fourth-order valence-electron chi connectivity index (χ4n) is 2.55. The van der Waals surface area contributed by atoms with Crippen molar-refractivity contribution in [2.24, 2.45) is 0 Å². The molecule has 3 rings (SSSR count). The lowest BCUT2D eigenvalue weighted by molar-refractivity contribution is -0.136. The first-order chi connectivity index (χ1) is 9.84. The fraction of sp³-hybridized carbons (Fsp3) is 0.615. The molecule has 7 nitrogen and oxygen atoms in total. The minimum absolute atomic E-state index is 0.142. The van der Waals surface area contributed by atoms with Crippen molar-refractivity contribution in [3.05, 3.63) is 18.6 Å². The van der Waals surface area contributed by atoms with Crippen LogP contribution in [0.4, 0.5) is 5.82 Å². The molecule has 2 aliphatic rings. The zero-order valence-corrected chi connectivity index (χ0v) is 11.4. The fourth-order valence-corrected chi connectivity index (χ4v) is 2.55. The van der Waals surface area contributed by atoms with E-state index in [1.54, 1.807) is 18.6 Å². The maximum Gasteiger partial charge on any atom is 0.242 e. The Labute approximate surface area is 117 Å². The van der Waals surface area contributed by atoms with E-state index in [1.807, 2.05) is 4.90 Å². The Bertz CT molecular complexity index is 441. The summed E-state index contributed by atoms with van der Waals surface area (Å²) in [7, 11) is 0. The third-order valence-corrected chi connectivity index (χ3v) is 3.68. The molecule has 1 N–H and O–H groups in total. The molecule has 0 bridgehead atoms. The summed E-state index contributed by atoms with van der Waals surface area (Å²) < 4.78 is 5.35. The van der Waals surface area contributed by atoms with E-state index >= 15 is 0 Å². The van der Waals surface area contributed by atoms with Gasteiger partial charge in [-0.05, 0) is 0 Å². The van der Waals surface area contributed by atoms with Crippen LogP contribution >= 0.6 is 0 Å². The molecule has 0 aromatic carbocycles. The van der Waals surface area contributed by atoms with Gasteiger partial charge in [-0.15, -0.1) is 0 Å². The molecular formula is C13H19N5O2. The van der Waals surface area contributed by atoms with Crippen molar-refractivity contribution in [3.8, 4) is 0 Å². The van der Waals surface area contributed by atoms with E-state index in [0.717, 1.165) is 25.5 Å². The number of rotatable bonds is 2. The van der Waals surface area contributed by atoms with E-state index < -0.39 is 0 Å². The summed E-state index contributed by atoms with van der Waals surface area (Å²) in [5, 5.41) is 3.21. The average Bonchev–Trinajstić information content (AvgIpc) is 2.56. The lowest BCUT2D eigenvalue weighted by atomic mass is 10.2. The molecule has 2 saturated heterocycles. The van der Waals surface area contributed by atoms with Crippen LogP contribution in [0.2, 0.25) is 0 Å². The molecule has 3 heterocycles. The second-order valence-electron chi connectivity index (χ2n) is 4.96. The Balaban J connectivity index is 1.54. The van der Waals surface area contributed by atoms with Crippen molar-refractivity contribution in [2.45, 2.75) is 6.04 Å². The number of amides is 1. The van der Waals surface area contributed by atoms with Crippen molar-refractivity contribution in [2.75, 3.05) is 50.8 Å². The highest BCUT2D eigenvalue weighted by atomic mass is 16.5. The standard InChI is InChI=1S/C13H19N5O2/c19-13(11-10-20-8-3-15-11)18-6-4-17(5-7-18)12-9-14-1-2-16-12/h1-2,9,11,15H,3-8,10H2. The van der Waals surface area contributed by atoms with E-state index in [9.17, 15) is 4.79 Å². The number of anilines is 1. The molecule has 0 radical (unpaired) electrons. The Kier molecular flexibility index (Phi) is 4.08. The topological polar surface area (TPSA) is 70.6 Å². The van der Waals surface area contributed by atoms with Crippen molar-refractivity contribution in [1.82, 2.24) is 20.2 Å². The third-order valence-electron chi connectivity index (χ3n) is 3.68. The number of nitrogens with zero attached hydrogens (tertiary/aromatic N) is 4. The molecule has 20 heavy (non-hydrogen) atoms. The van der Waals surface area contributed by atoms with Crippen molar-refractivity contribution in [1.29, 1.82) is 0 Å². The SMILES string of the molecule is O=C(C1COCCN1)N1CCN(c2cnccn2)CC1. The van der Waals surface area contributed by atoms with Crippen LogP contribution < -0.4 is 10.2 Å². The number of morpholine rings is 1. The zero-order valence-electron chi connectivity index (χ0n) is 11.4. The monoisotopic (exact) mass is 277 g/mol. The Morgan fingerprint density at radius 3 is 2.80 bits per heavy atom. The van der Waals surface area contributed by atoms with Crippen LogP contribution in [-0.2, 0) is 9.53 Å². The van der Waals surface area contributed by atoms with Gasteiger partial charge in [0.2, 0.25) is 5.91 Å². The number of hydrogen-bond acceptors (Lipinski definition) is 6. The number of carbonyl (C=O) groups excluding carboxylic acids is 1. The summed E-state index contributed by atoms with van der Waals surface area (Å²) >= 11 is 0. The summed E-state index contributed by atoms with van der Waals surface area (Å²) in [4.78, 5) is 24.8. The smallest absolute Gasteiger partial charge is 0.242 e. The number of nitrogens with one attached hydrogen (secondary N) is 1. The largest absolute Gasteiger partial charge is 0.378 e. The van der Waals surface area contributed by atoms with E-state index in [2.05, 4.69) is 20.2 Å². The highest BCUT2D eigenvalue weighted by Crippen LogP contribution is 2.12. The molecule has 1 unspecified atom stereocenters. The summed E-state index contributed by atoms with van der Waals surface area (Å²) in [6.45, 7) is 4.92. The number of piperazine rings is 1. The molecule has 7 heteroatoms. The van der Waals surface area contributed by atoms with Gasteiger partial charge in [0, 0.05) is 45.1 Å². The first kappa shape index (κ1) is 13.3. The molecule has 0 spiro atoms. The number of ether oxygens (including phenoxy) is 1. The Morgan fingerprint density at radius 2 is 2.15 bits per heavy atom. The summed E-state index contributed by atoms with van der Waals surface area (Å²) in [6.07, 6.45) is 5.11. The third kappa shape index (κ3) is 2.88. The van der Waals surface area contributed by atoms with Crippen LogP contribution in [-0.4, -0.2) is 72.8 Å². The van der Waals surface area contributed by atoms with Crippen LogP contribution in [0.5, 0.6) is 0 Å². The van der Waals surface area contributed by atoms with Gasteiger partial charge in [0.1, 0.15) is 11.9 Å². The molecule has 2 fully saturated rings. The molecule has 1 atom stereocenters. The van der Waals surface area contributed by atoms with E-state index in [4.69, 9.17) is 4.74 Å². The van der Waals surface area contributed by atoms with Crippen molar-refractivity contribution >= 4 is 11.7 Å². The van der Waals surface area contributed by atoms with Gasteiger partial charge < -0.3 is 19.9 Å².